The largest absolute Gasteiger partial charge is 0.496 e. The Hall–Kier alpha value is -2.01. The minimum Gasteiger partial charge on any atom is -0.496 e. The third-order valence-corrected chi connectivity index (χ3v) is 5.15. The highest BCUT2D eigenvalue weighted by atomic mass is 79.9. The van der Waals surface area contributed by atoms with Gasteiger partial charge in [0.05, 0.1) is 12.7 Å². The van der Waals surface area contributed by atoms with Gasteiger partial charge < -0.3 is 14.5 Å². The number of nitrogens with zero attached hydrogens (tertiary/aromatic N) is 2. The third-order valence-electron chi connectivity index (χ3n) is 4.65. The molecule has 5 heteroatoms. The molecule has 0 unspecified atom stereocenters. The summed E-state index contributed by atoms with van der Waals surface area (Å²) in [4.78, 5) is 17.1. The molecule has 0 spiro atoms. The van der Waals surface area contributed by atoms with Gasteiger partial charge in [-0.3, -0.25) is 4.79 Å². The van der Waals surface area contributed by atoms with E-state index in [0.29, 0.717) is 24.4 Å². The van der Waals surface area contributed by atoms with Crippen molar-refractivity contribution in [2.75, 3.05) is 38.2 Å². The van der Waals surface area contributed by atoms with Crippen molar-refractivity contribution in [2.45, 2.75) is 13.8 Å². The Labute approximate surface area is 157 Å². The lowest BCUT2D eigenvalue weighted by atomic mass is 10.1. The Morgan fingerprint density at radius 1 is 1.04 bits per heavy atom. The SMILES string of the molecule is COc1cc(Br)ccc1C(=O)N1CCN(c2ccc(C)cc2C)CC1. The number of amides is 1. The predicted octanol–water partition coefficient (Wildman–Crippen LogP) is 4.04. The lowest BCUT2D eigenvalue weighted by molar-refractivity contribution is 0.0743. The van der Waals surface area contributed by atoms with Crippen LogP contribution < -0.4 is 9.64 Å². The van der Waals surface area contributed by atoms with Crippen molar-refractivity contribution in [3.8, 4) is 5.75 Å². The van der Waals surface area contributed by atoms with Crippen LogP contribution >= 0.6 is 15.9 Å². The van der Waals surface area contributed by atoms with Gasteiger partial charge in [0.15, 0.2) is 0 Å². The molecule has 0 aliphatic carbocycles. The molecule has 0 atom stereocenters. The first-order valence-corrected chi connectivity index (χ1v) is 9.24. The summed E-state index contributed by atoms with van der Waals surface area (Å²) < 4.78 is 6.27. The van der Waals surface area contributed by atoms with Crippen molar-refractivity contribution in [3.63, 3.8) is 0 Å². The molecule has 1 saturated heterocycles. The molecular weight excluding hydrogens is 380 g/mol. The van der Waals surface area contributed by atoms with Gasteiger partial charge in [0.2, 0.25) is 0 Å². The summed E-state index contributed by atoms with van der Waals surface area (Å²) in [5, 5.41) is 0. The van der Waals surface area contributed by atoms with Crippen molar-refractivity contribution >= 4 is 27.5 Å². The molecule has 4 nitrogen and oxygen atoms in total. The van der Waals surface area contributed by atoms with E-state index in [0.717, 1.165) is 17.6 Å². The predicted molar refractivity (Wildman–Crippen MR) is 105 cm³/mol. The number of benzene rings is 2. The number of carbonyl (C=O) groups excluding carboxylic acids is 1. The molecule has 3 rings (SSSR count). The quantitative estimate of drug-likeness (QED) is 0.776. The molecule has 1 aliphatic heterocycles. The second-order valence-electron chi connectivity index (χ2n) is 6.41. The zero-order chi connectivity index (χ0) is 18.0. The van der Waals surface area contributed by atoms with Gasteiger partial charge in [0.25, 0.3) is 5.91 Å². The van der Waals surface area contributed by atoms with E-state index in [9.17, 15) is 4.79 Å². The normalized spacial score (nSPS) is 14.6. The molecule has 2 aromatic rings. The van der Waals surface area contributed by atoms with Crippen LogP contribution in [0.4, 0.5) is 5.69 Å². The minimum atomic E-state index is 0.0321. The van der Waals surface area contributed by atoms with Crippen LogP contribution in [0.3, 0.4) is 0 Å². The van der Waals surface area contributed by atoms with Crippen LogP contribution in [-0.4, -0.2) is 44.1 Å². The topological polar surface area (TPSA) is 32.8 Å². The molecule has 0 radical (unpaired) electrons. The van der Waals surface area contributed by atoms with Gasteiger partial charge in [0, 0.05) is 36.3 Å². The first-order chi connectivity index (χ1) is 12.0. The average molecular weight is 403 g/mol. The van der Waals surface area contributed by atoms with Crippen molar-refractivity contribution in [1.82, 2.24) is 4.90 Å². The Balaban J connectivity index is 1.71. The lowest BCUT2D eigenvalue weighted by Gasteiger charge is -2.37. The highest BCUT2D eigenvalue weighted by molar-refractivity contribution is 9.10. The van der Waals surface area contributed by atoms with Crippen molar-refractivity contribution in [1.29, 1.82) is 0 Å². The molecule has 25 heavy (non-hydrogen) atoms. The molecular formula is C20H23BrN2O2. The summed E-state index contributed by atoms with van der Waals surface area (Å²) >= 11 is 3.42. The van der Waals surface area contributed by atoms with Gasteiger partial charge in [-0.1, -0.05) is 33.6 Å². The maximum Gasteiger partial charge on any atom is 0.257 e. The number of methoxy groups -OCH3 is 1. The third kappa shape index (κ3) is 3.82. The number of anilines is 1. The lowest BCUT2D eigenvalue weighted by Crippen LogP contribution is -2.49. The molecule has 132 valence electrons. The van der Waals surface area contributed by atoms with Crippen molar-refractivity contribution in [2.24, 2.45) is 0 Å². The Morgan fingerprint density at radius 2 is 1.76 bits per heavy atom. The number of hydrogen-bond donors (Lipinski definition) is 0. The fourth-order valence-electron chi connectivity index (χ4n) is 3.32. The number of hydrogen-bond acceptors (Lipinski definition) is 3. The van der Waals surface area contributed by atoms with E-state index >= 15 is 0 Å². The van der Waals surface area contributed by atoms with Crippen LogP contribution in [0.15, 0.2) is 40.9 Å². The van der Waals surface area contributed by atoms with Crippen LogP contribution in [0, 0.1) is 13.8 Å². The van der Waals surface area contributed by atoms with E-state index in [1.54, 1.807) is 7.11 Å². The monoisotopic (exact) mass is 402 g/mol. The van der Waals surface area contributed by atoms with E-state index in [-0.39, 0.29) is 5.91 Å². The first-order valence-electron chi connectivity index (χ1n) is 8.44. The Morgan fingerprint density at radius 3 is 2.40 bits per heavy atom. The number of aryl methyl sites for hydroxylation is 2. The van der Waals surface area contributed by atoms with Gasteiger partial charge in [-0.2, -0.15) is 0 Å². The summed E-state index contributed by atoms with van der Waals surface area (Å²) in [5.41, 5.74) is 4.44. The van der Waals surface area contributed by atoms with Crippen LogP contribution in [0.2, 0.25) is 0 Å². The van der Waals surface area contributed by atoms with Gasteiger partial charge in [-0.15, -0.1) is 0 Å². The highest BCUT2D eigenvalue weighted by Gasteiger charge is 2.25. The second-order valence-corrected chi connectivity index (χ2v) is 7.33. The van der Waals surface area contributed by atoms with E-state index in [1.165, 1.54) is 16.8 Å². The van der Waals surface area contributed by atoms with E-state index in [2.05, 4.69) is 52.9 Å². The maximum atomic E-state index is 12.9. The number of rotatable bonds is 3. The summed E-state index contributed by atoms with van der Waals surface area (Å²) in [5.74, 6) is 0.640. The number of carbonyl (C=O) groups is 1. The first kappa shape index (κ1) is 17.8. The fourth-order valence-corrected chi connectivity index (χ4v) is 3.66. The van der Waals surface area contributed by atoms with E-state index in [4.69, 9.17) is 4.74 Å². The van der Waals surface area contributed by atoms with Crippen molar-refractivity contribution < 1.29 is 9.53 Å². The molecule has 1 heterocycles. The van der Waals surface area contributed by atoms with E-state index < -0.39 is 0 Å². The van der Waals surface area contributed by atoms with Gasteiger partial charge in [-0.25, -0.2) is 0 Å². The molecule has 0 aromatic heterocycles. The number of piperazine rings is 1. The Bertz CT molecular complexity index is 783. The van der Waals surface area contributed by atoms with Crippen LogP contribution in [-0.2, 0) is 0 Å². The van der Waals surface area contributed by atoms with Crippen LogP contribution in [0.25, 0.3) is 0 Å². The van der Waals surface area contributed by atoms with Crippen LogP contribution in [0.1, 0.15) is 21.5 Å². The minimum absolute atomic E-state index is 0.0321. The standard InChI is InChI=1S/C20H23BrN2O2/c1-14-4-7-18(15(2)12-14)22-8-10-23(11-9-22)20(24)17-6-5-16(21)13-19(17)25-3/h4-7,12-13H,8-11H2,1-3H3. The Kier molecular flexibility index (Phi) is 5.33. The fraction of sp³-hybridized carbons (Fsp3) is 0.350. The van der Waals surface area contributed by atoms with Crippen LogP contribution in [0.5, 0.6) is 5.75 Å². The zero-order valence-electron chi connectivity index (χ0n) is 14.9. The summed E-state index contributed by atoms with van der Waals surface area (Å²) in [6.07, 6.45) is 0. The molecule has 1 amide bonds. The van der Waals surface area contributed by atoms with Gasteiger partial charge >= 0.3 is 0 Å². The second kappa shape index (κ2) is 7.48. The summed E-state index contributed by atoms with van der Waals surface area (Å²) in [7, 11) is 1.59. The van der Waals surface area contributed by atoms with E-state index in [1.807, 2.05) is 23.1 Å². The van der Waals surface area contributed by atoms with Crippen molar-refractivity contribution in [3.05, 3.63) is 57.6 Å². The maximum absolute atomic E-state index is 12.9. The smallest absolute Gasteiger partial charge is 0.257 e. The molecule has 1 aliphatic rings. The molecule has 0 bridgehead atoms. The van der Waals surface area contributed by atoms with Gasteiger partial charge in [-0.05, 0) is 43.7 Å². The number of ether oxygens (including phenoxy) is 1. The summed E-state index contributed by atoms with van der Waals surface area (Å²) in [6, 6.07) is 12.1. The molecule has 0 saturated carbocycles. The molecule has 2 aromatic carbocycles. The molecule has 1 fully saturated rings. The average Bonchev–Trinajstić information content (AvgIpc) is 2.61. The number of halogens is 1. The highest BCUT2D eigenvalue weighted by Crippen LogP contribution is 2.26. The molecule has 0 N–H and O–H groups in total. The zero-order valence-corrected chi connectivity index (χ0v) is 16.5. The summed E-state index contributed by atoms with van der Waals surface area (Å²) in [6.45, 7) is 7.37. The van der Waals surface area contributed by atoms with Gasteiger partial charge in [0.1, 0.15) is 5.75 Å².